The molecule has 0 aliphatic carbocycles. The lowest BCUT2D eigenvalue weighted by Gasteiger charge is -2.17. The highest BCUT2D eigenvalue weighted by Gasteiger charge is 2.18. The van der Waals surface area contributed by atoms with Crippen LogP contribution < -0.4 is 5.32 Å². The highest BCUT2D eigenvalue weighted by molar-refractivity contribution is 7.09. The molecule has 0 aliphatic rings. The molecular formula is C11H14N2OS. The van der Waals surface area contributed by atoms with E-state index in [4.69, 9.17) is 5.26 Å². The van der Waals surface area contributed by atoms with Crippen LogP contribution in [0.3, 0.4) is 0 Å². The van der Waals surface area contributed by atoms with E-state index >= 15 is 0 Å². The largest absolute Gasteiger partial charge is 0.338 e. The van der Waals surface area contributed by atoms with Crippen LogP contribution in [0.15, 0.2) is 17.5 Å². The van der Waals surface area contributed by atoms with Gasteiger partial charge in [0.15, 0.2) is 0 Å². The third-order valence-corrected chi connectivity index (χ3v) is 2.85. The third kappa shape index (κ3) is 4.13. The Morgan fingerprint density at radius 2 is 2.40 bits per heavy atom. The summed E-state index contributed by atoms with van der Waals surface area (Å²) in [6.45, 7) is 3.38. The van der Waals surface area contributed by atoms with Crippen molar-refractivity contribution in [1.29, 1.82) is 5.26 Å². The van der Waals surface area contributed by atoms with Crippen molar-refractivity contribution in [2.24, 2.45) is 0 Å². The van der Waals surface area contributed by atoms with Crippen LogP contribution in [0.4, 0.5) is 0 Å². The van der Waals surface area contributed by atoms with Crippen molar-refractivity contribution >= 4 is 17.2 Å². The van der Waals surface area contributed by atoms with E-state index in [1.165, 1.54) is 4.88 Å². The van der Waals surface area contributed by atoms with Crippen LogP contribution in [0.5, 0.6) is 0 Å². The average Bonchev–Trinajstić information content (AvgIpc) is 2.66. The minimum Gasteiger partial charge on any atom is -0.338 e. The van der Waals surface area contributed by atoms with E-state index < -0.39 is 5.54 Å². The van der Waals surface area contributed by atoms with Gasteiger partial charge < -0.3 is 5.32 Å². The number of hydrogen-bond acceptors (Lipinski definition) is 3. The zero-order chi connectivity index (χ0) is 11.3. The van der Waals surface area contributed by atoms with Crippen molar-refractivity contribution in [2.45, 2.75) is 32.2 Å². The van der Waals surface area contributed by atoms with Gasteiger partial charge in [0.05, 0.1) is 6.07 Å². The lowest BCUT2D eigenvalue weighted by Crippen LogP contribution is -2.42. The van der Waals surface area contributed by atoms with Crippen LogP contribution in [-0.4, -0.2) is 11.4 Å². The first-order valence-corrected chi connectivity index (χ1v) is 5.66. The van der Waals surface area contributed by atoms with E-state index in [0.717, 1.165) is 6.42 Å². The summed E-state index contributed by atoms with van der Waals surface area (Å²) in [5.74, 6) is -0.0741. The number of nitrogens with zero attached hydrogens (tertiary/aromatic N) is 1. The molecule has 0 bridgehead atoms. The first kappa shape index (κ1) is 11.7. The molecule has 1 aromatic heterocycles. The van der Waals surface area contributed by atoms with Crippen LogP contribution in [0.1, 0.15) is 25.1 Å². The second-order valence-electron chi connectivity index (χ2n) is 3.86. The normalized spacial score (nSPS) is 10.7. The predicted molar refractivity (Wildman–Crippen MR) is 60.5 cm³/mol. The summed E-state index contributed by atoms with van der Waals surface area (Å²) in [7, 11) is 0. The fraction of sp³-hybridized carbons (Fsp3) is 0.455. The topological polar surface area (TPSA) is 52.9 Å². The SMILES string of the molecule is CC(C)(C#N)NC(=O)CCc1cccs1. The minimum atomic E-state index is -0.771. The average molecular weight is 222 g/mol. The van der Waals surface area contributed by atoms with Crippen LogP contribution in [-0.2, 0) is 11.2 Å². The van der Waals surface area contributed by atoms with Crippen molar-refractivity contribution in [3.05, 3.63) is 22.4 Å². The quantitative estimate of drug-likeness (QED) is 0.848. The molecule has 80 valence electrons. The van der Waals surface area contributed by atoms with E-state index in [1.54, 1.807) is 25.2 Å². The van der Waals surface area contributed by atoms with E-state index in [-0.39, 0.29) is 5.91 Å². The fourth-order valence-corrected chi connectivity index (χ4v) is 1.84. The minimum absolute atomic E-state index is 0.0741. The first-order valence-electron chi connectivity index (χ1n) is 4.78. The summed E-state index contributed by atoms with van der Waals surface area (Å²) in [5.41, 5.74) is -0.771. The third-order valence-electron chi connectivity index (χ3n) is 1.91. The highest BCUT2D eigenvalue weighted by atomic mass is 32.1. The van der Waals surface area contributed by atoms with Crippen LogP contribution in [0, 0.1) is 11.3 Å². The molecule has 0 radical (unpaired) electrons. The molecule has 1 rings (SSSR count). The molecule has 3 nitrogen and oxygen atoms in total. The number of carbonyl (C=O) groups excluding carboxylic acids is 1. The molecule has 0 aliphatic heterocycles. The van der Waals surface area contributed by atoms with E-state index in [1.807, 2.05) is 23.6 Å². The summed E-state index contributed by atoms with van der Waals surface area (Å²) in [6.07, 6.45) is 1.18. The molecule has 0 saturated heterocycles. The summed E-state index contributed by atoms with van der Waals surface area (Å²) in [5, 5.41) is 13.4. The van der Waals surface area contributed by atoms with Crippen LogP contribution in [0.25, 0.3) is 0 Å². The maximum Gasteiger partial charge on any atom is 0.221 e. The Morgan fingerprint density at radius 1 is 1.67 bits per heavy atom. The summed E-state index contributed by atoms with van der Waals surface area (Å²) in [4.78, 5) is 12.6. The van der Waals surface area contributed by atoms with Gasteiger partial charge in [-0.2, -0.15) is 5.26 Å². The lowest BCUT2D eigenvalue weighted by molar-refractivity contribution is -0.122. The molecule has 1 heterocycles. The van der Waals surface area contributed by atoms with Gasteiger partial charge in [-0.05, 0) is 31.7 Å². The summed E-state index contributed by atoms with van der Waals surface area (Å²) >= 11 is 1.64. The first-order chi connectivity index (χ1) is 7.03. The molecular weight excluding hydrogens is 208 g/mol. The molecule has 1 aromatic rings. The highest BCUT2D eigenvalue weighted by Crippen LogP contribution is 2.11. The van der Waals surface area contributed by atoms with Crippen LogP contribution >= 0.6 is 11.3 Å². The van der Waals surface area contributed by atoms with E-state index in [0.29, 0.717) is 6.42 Å². The monoisotopic (exact) mass is 222 g/mol. The molecule has 0 unspecified atom stereocenters. The van der Waals surface area contributed by atoms with Crippen molar-refractivity contribution in [3.63, 3.8) is 0 Å². The molecule has 1 N–H and O–H groups in total. The second kappa shape index (κ2) is 4.94. The molecule has 0 fully saturated rings. The number of aryl methyl sites for hydroxylation is 1. The van der Waals surface area contributed by atoms with Crippen LogP contribution in [0.2, 0.25) is 0 Å². The van der Waals surface area contributed by atoms with Gasteiger partial charge in [0.2, 0.25) is 5.91 Å². The number of thiophene rings is 1. The fourth-order valence-electron chi connectivity index (χ4n) is 1.13. The van der Waals surface area contributed by atoms with Gasteiger partial charge in [-0.15, -0.1) is 11.3 Å². The maximum absolute atomic E-state index is 11.5. The molecule has 0 atom stereocenters. The predicted octanol–water partition coefficient (Wildman–Crippen LogP) is 2.10. The van der Waals surface area contributed by atoms with Crippen molar-refractivity contribution < 1.29 is 4.79 Å². The molecule has 0 spiro atoms. The Morgan fingerprint density at radius 3 is 2.93 bits per heavy atom. The van der Waals surface area contributed by atoms with Gasteiger partial charge in [0.1, 0.15) is 5.54 Å². The smallest absolute Gasteiger partial charge is 0.221 e. The number of rotatable bonds is 4. The number of hydrogen-bond donors (Lipinski definition) is 1. The molecule has 4 heteroatoms. The summed E-state index contributed by atoms with van der Waals surface area (Å²) < 4.78 is 0. The zero-order valence-corrected chi connectivity index (χ0v) is 9.73. The van der Waals surface area contributed by atoms with Gasteiger partial charge in [-0.3, -0.25) is 4.79 Å². The van der Waals surface area contributed by atoms with Gasteiger partial charge in [0, 0.05) is 11.3 Å². The maximum atomic E-state index is 11.5. The van der Waals surface area contributed by atoms with E-state index in [9.17, 15) is 4.79 Å². The zero-order valence-electron chi connectivity index (χ0n) is 8.91. The van der Waals surface area contributed by atoms with Crippen molar-refractivity contribution in [1.82, 2.24) is 5.32 Å². The van der Waals surface area contributed by atoms with Gasteiger partial charge in [0.25, 0.3) is 0 Å². The van der Waals surface area contributed by atoms with Gasteiger partial charge in [-0.1, -0.05) is 6.07 Å². The Labute approximate surface area is 93.7 Å². The number of nitriles is 1. The van der Waals surface area contributed by atoms with Crippen molar-refractivity contribution in [2.75, 3.05) is 0 Å². The number of carbonyl (C=O) groups is 1. The second-order valence-corrected chi connectivity index (χ2v) is 4.90. The summed E-state index contributed by atoms with van der Waals surface area (Å²) in [6, 6.07) is 6.01. The van der Waals surface area contributed by atoms with Gasteiger partial charge >= 0.3 is 0 Å². The molecule has 0 aromatic carbocycles. The van der Waals surface area contributed by atoms with Gasteiger partial charge in [-0.25, -0.2) is 0 Å². The Balaban J connectivity index is 2.35. The Hall–Kier alpha value is -1.34. The number of nitrogens with one attached hydrogen (secondary N) is 1. The molecule has 1 amide bonds. The molecule has 0 saturated carbocycles. The lowest BCUT2D eigenvalue weighted by atomic mass is 10.1. The Kier molecular flexibility index (Phi) is 3.87. The number of amides is 1. The standard InChI is InChI=1S/C11H14N2OS/c1-11(2,8-12)13-10(14)6-5-9-4-3-7-15-9/h3-4,7H,5-6H2,1-2H3,(H,13,14). The van der Waals surface area contributed by atoms with E-state index in [2.05, 4.69) is 5.32 Å². The van der Waals surface area contributed by atoms with Crippen molar-refractivity contribution in [3.8, 4) is 6.07 Å². The molecule has 15 heavy (non-hydrogen) atoms. The Bertz CT molecular complexity index is 362.